The summed E-state index contributed by atoms with van der Waals surface area (Å²) in [6, 6.07) is 13.0. The minimum Gasteiger partial charge on any atom is -0.301 e. The van der Waals surface area contributed by atoms with Gasteiger partial charge in [0.2, 0.25) is 5.91 Å². The van der Waals surface area contributed by atoms with Gasteiger partial charge in [0, 0.05) is 11.0 Å². The maximum absolute atomic E-state index is 12.1. The molecular weight excluding hydrogens is 312 g/mol. The second-order valence-corrected chi connectivity index (χ2v) is 5.68. The van der Waals surface area contributed by atoms with Crippen LogP contribution in [0.25, 0.3) is 6.08 Å². The quantitative estimate of drug-likeness (QED) is 0.501. The van der Waals surface area contributed by atoms with E-state index in [-0.39, 0.29) is 18.9 Å². The van der Waals surface area contributed by atoms with E-state index >= 15 is 0 Å². The molecule has 0 spiro atoms. The zero-order valence-corrected chi connectivity index (χ0v) is 13.2. The molecule has 1 heterocycles. The highest BCUT2D eigenvalue weighted by Crippen LogP contribution is 2.09. The Hall–Kier alpha value is -2.73. The van der Waals surface area contributed by atoms with E-state index in [4.69, 9.17) is 0 Å². The van der Waals surface area contributed by atoms with Crippen LogP contribution in [-0.2, 0) is 20.8 Å². The maximum atomic E-state index is 12.1. The van der Waals surface area contributed by atoms with Crippen LogP contribution in [0, 0.1) is 0 Å². The van der Waals surface area contributed by atoms with Gasteiger partial charge < -0.3 is 4.79 Å². The molecule has 2 amide bonds. The Morgan fingerprint density at radius 3 is 2.57 bits per heavy atom. The van der Waals surface area contributed by atoms with Crippen LogP contribution in [0.2, 0.25) is 0 Å². The Labute approximate surface area is 138 Å². The van der Waals surface area contributed by atoms with Crippen molar-refractivity contribution in [2.75, 3.05) is 6.54 Å². The number of carbonyl (C=O) groups is 3. The number of hydrazine groups is 1. The highest BCUT2D eigenvalue weighted by molar-refractivity contribution is 7.10. The topological polar surface area (TPSA) is 66.5 Å². The predicted octanol–water partition coefficient (Wildman–Crippen LogP) is 2.06. The van der Waals surface area contributed by atoms with Gasteiger partial charge in [-0.25, -0.2) is 5.01 Å². The number of carbonyl (C=O) groups excluding carboxylic acids is 3. The van der Waals surface area contributed by atoms with Crippen LogP contribution in [0.1, 0.15) is 10.4 Å². The normalized spacial score (nSPS) is 10.4. The molecule has 0 unspecified atom stereocenters. The summed E-state index contributed by atoms with van der Waals surface area (Å²) in [5.41, 5.74) is 3.32. The fourth-order valence-electron chi connectivity index (χ4n) is 1.85. The van der Waals surface area contributed by atoms with Crippen LogP contribution < -0.4 is 5.43 Å². The van der Waals surface area contributed by atoms with Crippen molar-refractivity contribution >= 4 is 35.5 Å². The molecule has 2 rings (SSSR count). The lowest BCUT2D eigenvalue weighted by molar-refractivity contribution is -0.138. The fourth-order valence-corrected chi connectivity index (χ4v) is 2.55. The number of hydrogen-bond acceptors (Lipinski definition) is 4. The molecular formula is C17H16N2O3S. The summed E-state index contributed by atoms with van der Waals surface area (Å²) in [5.74, 6) is -0.795. The monoisotopic (exact) mass is 328 g/mol. The fraction of sp³-hybridized carbons (Fsp3) is 0.118. The minimum atomic E-state index is -0.458. The lowest BCUT2D eigenvalue weighted by atomic mass is 10.2. The van der Waals surface area contributed by atoms with Gasteiger partial charge in [0.15, 0.2) is 0 Å². The molecule has 0 radical (unpaired) electrons. The number of rotatable bonds is 6. The molecule has 0 saturated carbocycles. The summed E-state index contributed by atoms with van der Waals surface area (Å²) in [5, 5.41) is 2.88. The Morgan fingerprint density at radius 1 is 1.13 bits per heavy atom. The van der Waals surface area contributed by atoms with Crippen molar-refractivity contribution in [3.05, 3.63) is 64.4 Å². The van der Waals surface area contributed by atoms with E-state index in [1.54, 1.807) is 6.08 Å². The Balaban J connectivity index is 1.96. The van der Waals surface area contributed by atoms with Gasteiger partial charge in [-0.3, -0.25) is 15.0 Å². The van der Waals surface area contributed by atoms with Crippen LogP contribution in [0.5, 0.6) is 0 Å². The molecule has 6 heteroatoms. The zero-order chi connectivity index (χ0) is 16.5. The third kappa shape index (κ3) is 5.52. The van der Waals surface area contributed by atoms with E-state index in [9.17, 15) is 14.4 Å². The number of hydrogen-bond donors (Lipinski definition) is 1. The molecule has 0 aliphatic carbocycles. The summed E-state index contributed by atoms with van der Waals surface area (Å²) in [6.07, 6.45) is 3.69. The molecule has 0 atom stereocenters. The highest BCUT2D eigenvalue weighted by atomic mass is 32.1. The van der Waals surface area contributed by atoms with Gasteiger partial charge in [0.1, 0.15) is 6.29 Å². The van der Waals surface area contributed by atoms with Gasteiger partial charge in [0.25, 0.3) is 5.91 Å². The number of nitrogens with one attached hydrogen (secondary N) is 1. The van der Waals surface area contributed by atoms with Crippen molar-refractivity contribution in [1.29, 1.82) is 0 Å². The molecule has 0 fully saturated rings. The van der Waals surface area contributed by atoms with Gasteiger partial charge in [-0.05, 0) is 23.1 Å². The molecule has 118 valence electrons. The molecule has 1 aromatic heterocycles. The van der Waals surface area contributed by atoms with Crippen LogP contribution in [0.3, 0.4) is 0 Å². The summed E-state index contributed by atoms with van der Waals surface area (Å²) in [4.78, 5) is 35.7. The Morgan fingerprint density at radius 2 is 1.91 bits per heavy atom. The SMILES string of the molecule is O=CCN(NC(=O)Cc1cccs1)C(=O)/C=C/c1ccccc1. The molecule has 0 saturated heterocycles. The molecule has 0 aliphatic rings. The van der Waals surface area contributed by atoms with Gasteiger partial charge in [-0.1, -0.05) is 36.4 Å². The molecule has 1 aromatic carbocycles. The predicted molar refractivity (Wildman–Crippen MR) is 89.4 cm³/mol. The van der Waals surface area contributed by atoms with E-state index in [0.717, 1.165) is 15.4 Å². The Bertz CT molecular complexity index is 681. The number of aldehydes is 1. The lowest BCUT2D eigenvalue weighted by Gasteiger charge is -2.19. The van der Waals surface area contributed by atoms with E-state index < -0.39 is 5.91 Å². The number of benzene rings is 1. The summed E-state index contributed by atoms with van der Waals surface area (Å²) in [7, 11) is 0. The second kappa shape index (κ2) is 8.65. The number of nitrogens with zero attached hydrogens (tertiary/aromatic N) is 1. The molecule has 23 heavy (non-hydrogen) atoms. The first-order chi connectivity index (χ1) is 11.2. The van der Waals surface area contributed by atoms with Gasteiger partial charge >= 0.3 is 0 Å². The van der Waals surface area contributed by atoms with Crippen LogP contribution >= 0.6 is 11.3 Å². The molecule has 0 aliphatic heterocycles. The van der Waals surface area contributed by atoms with Gasteiger partial charge in [-0.2, -0.15) is 0 Å². The lowest BCUT2D eigenvalue weighted by Crippen LogP contribution is -2.47. The van der Waals surface area contributed by atoms with E-state index in [1.165, 1.54) is 17.4 Å². The smallest absolute Gasteiger partial charge is 0.265 e. The van der Waals surface area contributed by atoms with Crippen molar-refractivity contribution in [1.82, 2.24) is 10.4 Å². The summed E-state index contributed by atoms with van der Waals surface area (Å²) < 4.78 is 0. The van der Waals surface area contributed by atoms with Gasteiger partial charge in [0.05, 0.1) is 13.0 Å². The summed E-state index contributed by atoms with van der Waals surface area (Å²) >= 11 is 1.46. The first-order valence-electron chi connectivity index (χ1n) is 6.99. The van der Waals surface area contributed by atoms with Crippen molar-refractivity contribution in [3.8, 4) is 0 Å². The van der Waals surface area contributed by atoms with Crippen molar-refractivity contribution < 1.29 is 14.4 Å². The van der Waals surface area contributed by atoms with Gasteiger partial charge in [-0.15, -0.1) is 11.3 Å². The first-order valence-corrected chi connectivity index (χ1v) is 7.87. The van der Waals surface area contributed by atoms with Crippen molar-refractivity contribution in [2.24, 2.45) is 0 Å². The average Bonchev–Trinajstić information content (AvgIpc) is 3.06. The van der Waals surface area contributed by atoms with Crippen molar-refractivity contribution in [3.63, 3.8) is 0 Å². The van der Waals surface area contributed by atoms with Crippen LogP contribution in [0.4, 0.5) is 0 Å². The largest absolute Gasteiger partial charge is 0.301 e. The number of amides is 2. The van der Waals surface area contributed by atoms with E-state index in [1.807, 2.05) is 47.8 Å². The summed E-state index contributed by atoms with van der Waals surface area (Å²) in [6.45, 7) is -0.200. The highest BCUT2D eigenvalue weighted by Gasteiger charge is 2.14. The second-order valence-electron chi connectivity index (χ2n) is 4.65. The maximum Gasteiger partial charge on any atom is 0.265 e. The van der Waals surface area contributed by atoms with Crippen molar-refractivity contribution in [2.45, 2.75) is 6.42 Å². The third-order valence-corrected chi connectivity index (χ3v) is 3.79. The van der Waals surface area contributed by atoms with E-state index in [0.29, 0.717) is 6.29 Å². The standard InChI is InChI=1S/C17H16N2O3S/c20-11-10-19(18-16(21)13-15-7-4-12-23-15)17(22)9-8-14-5-2-1-3-6-14/h1-9,11-12H,10,13H2,(H,18,21)/b9-8+. The minimum absolute atomic E-state index is 0.169. The molecule has 5 nitrogen and oxygen atoms in total. The van der Waals surface area contributed by atoms with E-state index in [2.05, 4.69) is 5.43 Å². The molecule has 1 N–H and O–H groups in total. The Kier molecular flexibility index (Phi) is 6.26. The van der Waals surface area contributed by atoms with Crippen LogP contribution in [0.15, 0.2) is 53.9 Å². The molecule has 0 bridgehead atoms. The zero-order valence-electron chi connectivity index (χ0n) is 12.3. The van der Waals surface area contributed by atoms with Crippen LogP contribution in [-0.4, -0.2) is 29.7 Å². The molecule has 2 aromatic rings. The first kappa shape index (κ1) is 16.6. The third-order valence-electron chi connectivity index (χ3n) is 2.92. The number of thiophene rings is 1. The average molecular weight is 328 g/mol.